The van der Waals surface area contributed by atoms with Crippen molar-refractivity contribution in [2.24, 2.45) is 0 Å². The van der Waals surface area contributed by atoms with Crippen LogP contribution in [-0.2, 0) is 0 Å². The van der Waals surface area contributed by atoms with E-state index in [0.29, 0.717) is 0 Å². The molecule has 5 heteroatoms. The fourth-order valence-electron chi connectivity index (χ4n) is 2.49. The number of pyridine rings is 1. The van der Waals surface area contributed by atoms with E-state index >= 15 is 0 Å². The van der Waals surface area contributed by atoms with Crippen LogP contribution in [0.3, 0.4) is 0 Å². The first-order valence-corrected chi connectivity index (χ1v) is 7.11. The number of hydrogen-bond donors (Lipinski definition) is 1. The third-order valence-corrected chi connectivity index (χ3v) is 4.32. The largest absolute Gasteiger partial charge is 0.312 e. The summed E-state index contributed by atoms with van der Waals surface area (Å²) in [7, 11) is 0. The standard InChI is InChI=1S/C15H11N3OS/c1-9-14(17-13-4-2-3-7-18(9)13)10-5-6-12-11(8-10)16-15(19)20-12/h2-8H,1H3,(H,16,19). The van der Waals surface area contributed by atoms with Crippen LogP contribution in [0.4, 0.5) is 0 Å². The van der Waals surface area contributed by atoms with Gasteiger partial charge < -0.3 is 9.38 Å². The summed E-state index contributed by atoms with van der Waals surface area (Å²) < 4.78 is 3.04. The minimum Gasteiger partial charge on any atom is -0.312 e. The van der Waals surface area contributed by atoms with Crippen LogP contribution in [0.5, 0.6) is 0 Å². The molecule has 4 nitrogen and oxygen atoms in total. The zero-order valence-corrected chi connectivity index (χ0v) is 11.6. The number of thiazole rings is 1. The zero-order chi connectivity index (χ0) is 13.7. The van der Waals surface area contributed by atoms with Gasteiger partial charge in [0.05, 0.1) is 15.9 Å². The SMILES string of the molecule is Cc1c(-c2ccc3sc(=O)[nH]c3c2)nc2ccccn12. The number of H-pyrrole nitrogens is 1. The van der Waals surface area contributed by atoms with Gasteiger partial charge >= 0.3 is 4.87 Å². The first kappa shape index (κ1) is 11.4. The van der Waals surface area contributed by atoms with Gasteiger partial charge in [0, 0.05) is 17.5 Å². The van der Waals surface area contributed by atoms with E-state index in [9.17, 15) is 4.79 Å². The maximum absolute atomic E-state index is 11.4. The molecule has 0 aliphatic rings. The molecule has 0 fully saturated rings. The monoisotopic (exact) mass is 281 g/mol. The summed E-state index contributed by atoms with van der Waals surface area (Å²) in [5, 5.41) is 0. The highest BCUT2D eigenvalue weighted by Crippen LogP contribution is 2.27. The highest BCUT2D eigenvalue weighted by Gasteiger charge is 2.11. The van der Waals surface area contributed by atoms with Gasteiger partial charge in [-0.3, -0.25) is 4.79 Å². The number of aryl methyl sites for hydroxylation is 1. The minimum atomic E-state index is -0.0242. The number of nitrogens with zero attached hydrogens (tertiary/aromatic N) is 2. The average Bonchev–Trinajstić information content (AvgIpc) is 2.98. The Labute approximate surface area is 118 Å². The summed E-state index contributed by atoms with van der Waals surface area (Å²) >= 11 is 1.23. The van der Waals surface area contributed by atoms with E-state index in [1.54, 1.807) is 0 Å². The maximum atomic E-state index is 11.4. The van der Waals surface area contributed by atoms with E-state index in [1.807, 2.05) is 42.6 Å². The molecular formula is C15H11N3OS. The molecule has 0 unspecified atom stereocenters. The van der Waals surface area contributed by atoms with Crippen LogP contribution in [0.1, 0.15) is 5.69 Å². The molecule has 1 N–H and O–H groups in total. The number of aromatic amines is 1. The van der Waals surface area contributed by atoms with Gasteiger partial charge in [-0.25, -0.2) is 4.98 Å². The van der Waals surface area contributed by atoms with Gasteiger partial charge in [0.25, 0.3) is 0 Å². The molecule has 20 heavy (non-hydrogen) atoms. The molecule has 4 aromatic rings. The van der Waals surface area contributed by atoms with Crippen LogP contribution in [0.25, 0.3) is 27.1 Å². The number of benzene rings is 1. The van der Waals surface area contributed by atoms with E-state index in [-0.39, 0.29) is 4.87 Å². The first-order valence-electron chi connectivity index (χ1n) is 6.29. The molecule has 3 aromatic heterocycles. The van der Waals surface area contributed by atoms with E-state index in [1.165, 1.54) is 11.3 Å². The molecule has 4 rings (SSSR count). The summed E-state index contributed by atoms with van der Waals surface area (Å²) in [5.41, 5.74) is 4.86. The molecule has 0 spiro atoms. The van der Waals surface area contributed by atoms with Gasteiger partial charge in [-0.15, -0.1) is 0 Å². The third-order valence-electron chi connectivity index (χ3n) is 3.46. The lowest BCUT2D eigenvalue weighted by molar-refractivity contribution is 1.11. The van der Waals surface area contributed by atoms with Gasteiger partial charge in [-0.2, -0.15) is 0 Å². The Morgan fingerprint density at radius 2 is 2.15 bits per heavy atom. The zero-order valence-electron chi connectivity index (χ0n) is 10.8. The number of imidazole rings is 1. The van der Waals surface area contributed by atoms with Crippen molar-refractivity contribution in [1.82, 2.24) is 14.4 Å². The van der Waals surface area contributed by atoms with E-state index in [4.69, 9.17) is 0 Å². The summed E-state index contributed by atoms with van der Waals surface area (Å²) in [4.78, 5) is 18.9. The summed E-state index contributed by atoms with van der Waals surface area (Å²) in [6.45, 7) is 2.05. The second-order valence-electron chi connectivity index (χ2n) is 4.70. The Hall–Kier alpha value is -2.40. The second-order valence-corrected chi connectivity index (χ2v) is 5.71. The molecule has 0 aliphatic heterocycles. The molecule has 0 radical (unpaired) electrons. The lowest BCUT2D eigenvalue weighted by atomic mass is 10.1. The fraction of sp³-hybridized carbons (Fsp3) is 0.0667. The molecule has 0 saturated carbocycles. The Bertz CT molecular complexity index is 993. The van der Waals surface area contributed by atoms with Crippen LogP contribution in [0.15, 0.2) is 47.4 Å². The van der Waals surface area contributed by atoms with E-state index < -0.39 is 0 Å². The topological polar surface area (TPSA) is 50.2 Å². The lowest BCUT2D eigenvalue weighted by Gasteiger charge is -1.99. The van der Waals surface area contributed by atoms with Crippen molar-refractivity contribution in [3.63, 3.8) is 0 Å². The number of hydrogen-bond acceptors (Lipinski definition) is 3. The molecule has 0 atom stereocenters. The molecule has 0 saturated heterocycles. The molecule has 0 bridgehead atoms. The van der Waals surface area contributed by atoms with Gasteiger partial charge in [0.2, 0.25) is 0 Å². The van der Waals surface area contributed by atoms with Gasteiger partial charge in [0.1, 0.15) is 5.65 Å². The summed E-state index contributed by atoms with van der Waals surface area (Å²) in [5.74, 6) is 0. The van der Waals surface area contributed by atoms with Crippen molar-refractivity contribution in [1.29, 1.82) is 0 Å². The summed E-state index contributed by atoms with van der Waals surface area (Å²) in [6, 6.07) is 11.9. The second kappa shape index (κ2) is 4.05. The van der Waals surface area contributed by atoms with Crippen LogP contribution in [-0.4, -0.2) is 14.4 Å². The minimum absolute atomic E-state index is 0.0242. The highest BCUT2D eigenvalue weighted by molar-refractivity contribution is 7.16. The predicted molar refractivity (Wildman–Crippen MR) is 81.4 cm³/mol. The average molecular weight is 281 g/mol. The van der Waals surface area contributed by atoms with E-state index in [2.05, 4.69) is 21.3 Å². The number of nitrogens with one attached hydrogen (secondary N) is 1. The quantitative estimate of drug-likeness (QED) is 0.582. The maximum Gasteiger partial charge on any atom is 0.305 e. The van der Waals surface area contributed by atoms with Crippen molar-refractivity contribution in [3.05, 3.63) is 58.0 Å². The Morgan fingerprint density at radius 1 is 1.25 bits per heavy atom. The Kier molecular flexibility index (Phi) is 2.31. The van der Waals surface area contributed by atoms with Crippen molar-refractivity contribution in [3.8, 4) is 11.3 Å². The van der Waals surface area contributed by atoms with E-state index in [0.717, 1.165) is 32.8 Å². The fourth-order valence-corrected chi connectivity index (χ4v) is 3.21. The van der Waals surface area contributed by atoms with Crippen LogP contribution in [0.2, 0.25) is 0 Å². The first-order chi connectivity index (χ1) is 9.72. The molecule has 0 aliphatic carbocycles. The van der Waals surface area contributed by atoms with Gasteiger partial charge in [-0.1, -0.05) is 23.5 Å². The molecule has 98 valence electrons. The smallest absolute Gasteiger partial charge is 0.305 e. The number of fused-ring (bicyclic) bond motifs is 2. The van der Waals surface area contributed by atoms with Crippen LogP contribution >= 0.6 is 11.3 Å². The van der Waals surface area contributed by atoms with Gasteiger partial charge in [-0.05, 0) is 31.2 Å². The van der Waals surface area contributed by atoms with Crippen molar-refractivity contribution in [2.45, 2.75) is 6.92 Å². The van der Waals surface area contributed by atoms with Crippen molar-refractivity contribution < 1.29 is 0 Å². The summed E-state index contributed by atoms with van der Waals surface area (Å²) in [6.07, 6.45) is 2.01. The molecular weight excluding hydrogens is 270 g/mol. The van der Waals surface area contributed by atoms with Crippen LogP contribution < -0.4 is 4.87 Å². The molecule has 0 amide bonds. The number of rotatable bonds is 1. The van der Waals surface area contributed by atoms with Crippen molar-refractivity contribution in [2.75, 3.05) is 0 Å². The Morgan fingerprint density at radius 3 is 3.00 bits per heavy atom. The van der Waals surface area contributed by atoms with Crippen molar-refractivity contribution >= 4 is 27.2 Å². The molecule has 1 aromatic carbocycles. The van der Waals surface area contributed by atoms with Crippen LogP contribution in [0, 0.1) is 6.92 Å². The number of aromatic nitrogens is 3. The normalized spacial score (nSPS) is 11.4. The molecule has 3 heterocycles. The lowest BCUT2D eigenvalue weighted by Crippen LogP contribution is -1.90. The highest BCUT2D eigenvalue weighted by atomic mass is 32.1. The van der Waals surface area contributed by atoms with Gasteiger partial charge in [0.15, 0.2) is 0 Å². The third kappa shape index (κ3) is 1.60. The predicted octanol–water partition coefficient (Wildman–Crippen LogP) is 3.21. The Balaban J connectivity index is 2.00.